The third-order valence-electron chi connectivity index (χ3n) is 4.55. The van der Waals surface area contributed by atoms with Crippen molar-refractivity contribution in [3.05, 3.63) is 59.4 Å². The predicted octanol–water partition coefficient (Wildman–Crippen LogP) is 3.61. The SMILES string of the molecule is CC(C)c1cc(C(=O)OCC(=O)NCc2ccccc2)c2cnn(C(C)C)c2n1. The average Bonchev–Trinajstić information content (AvgIpc) is 3.14. The molecular formula is C22H26N4O3. The Balaban J connectivity index is 1.73. The number of carbonyl (C=O) groups excluding carboxylic acids is 2. The summed E-state index contributed by atoms with van der Waals surface area (Å²) in [6.45, 7) is 8.07. The van der Waals surface area contributed by atoms with Gasteiger partial charge in [-0.25, -0.2) is 14.5 Å². The van der Waals surface area contributed by atoms with Gasteiger partial charge in [0.1, 0.15) is 0 Å². The van der Waals surface area contributed by atoms with Crippen molar-refractivity contribution in [2.45, 2.75) is 46.2 Å². The molecule has 0 saturated carbocycles. The number of pyridine rings is 1. The minimum absolute atomic E-state index is 0.107. The second kappa shape index (κ2) is 8.86. The highest BCUT2D eigenvalue weighted by Gasteiger charge is 2.20. The van der Waals surface area contributed by atoms with Crippen molar-refractivity contribution in [2.75, 3.05) is 6.61 Å². The van der Waals surface area contributed by atoms with Gasteiger partial charge in [-0.2, -0.15) is 5.10 Å². The number of nitrogens with zero attached hydrogens (tertiary/aromatic N) is 3. The number of amides is 1. The number of hydrogen-bond acceptors (Lipinski definition) is 5. The van der Waals surface area contributed by atoms with Crippen LogP contribution in [0, 0.1) is 0 Å². The Kier molecular flexibility index (Phi) is 6.26. The monoisotopic (exact) mass is 394 g/mol. The molecule has 2 aromatic heterocycles. The Morgan fingerprint density at radius 2 is 1.86 bits per heavy atom. The van der Waals surface area contributed by atoms with Crippen molar-refractivity contribution in [1.29, 1.82) is 0 Å². The molecule has 0 unspecified atom stereocenters. The lowest BCUT2D eigenvalue weighted by atomic mass is 10.1. The topological polar surface area (TPSA) is 86.1 Å². The van der Waals surface area contributed by atoms with Crippen LogP contribution in [0.25, 0.3) is 11.0 Å². The van der Waals surface area contributed by atoms with E-state index >= 15 is 0 Å². The van der Waals surface area contributed by atoms with E-state index < -0.39 is 5.97 Å². The van der Waals surface area contributed by atoms with Crippen molar-refractivity contribution >= 4 is 22.9 Å². The van der Waals surface area contributed by atoms with Crippen LogP contribution in [0.5, 0.6) is 0 Å². The molecular weight excluding hydrogens is 368 g/mol. The predicted molar refractivity (Wildman–Crippen MR) is 111 cm³/mol. The van der Waals surface area contributed by atoms with Crippen LogP contribution in [0.1, 0.15) is 61.3 Å². The van der Waals surface area contributed by atoms with Gasteiger partial charge in [0, 0.05) is 18.3 Å². The van der Waals surface area contributed by atoms with E-state index in [0.29, 0.717) is 23.1 Å². The van der Waals surface area contributed by atoms with Crippen molar-refractivity contribution in [2.24, 2.45) is 0 Å². The summed E-state index contributed by atoms with van der Waals surface area (Å²) >= 11 is 0. The van der Waals surface area contributed by atoms with E-state index in [9.17, 15) is 9.59 Å². The molecule has 29 heavy (non-hydrogen) atoms. The molecule has 3 aromatic rings. The number of nitrogens with one attached hydrogen (secondary N) is 1. The first kappa shape index (κ1) is 20.5. The van der Waals surface area contributed by atoms with E-state index in [1.165, 1.54) is 0 Å². The number of hydrogen-bond donors (Lipinski definition) is 1. The van der Waals surface area contributed by atoms with Crippen LogP contribution < -0.4 is 5.32 Å². The first-order valence-electron chi connectivity index (χ1n) is 9.72. The molecule has 2 heterocycles. The van der Waals surface area contributed by atoms with Crippen LogP contribution in [-0.2, 0) is 16.1 Å². The van der Waals surface area contributed by atoms with Crippen LogP contribution >= 0.6 is 0 Å². The second-order valence-corrected chi connectivity index (χ2v) is 7.51. The van der Waals surface area contributed by atoms with Crippen molar-refractivity contribution < 1.29 is 14.3 Å². The van der Waals surface area contributed by atoms with Gasteiger partial charge in [-0.15, -0.1) is 0 Å². The van der Waals surface area contributed by atoms with Gasteiger partial charge in [-0.05, 0) is 31.4 Å². The molecule has 0 atom stereocenters. The minimum Gasteiger partial charge on any atom is -0.452 e. The normalized spacial score (nSPS) is 11.2. The maximum Gasteiger partial charge on any atom is 0.339 e. The summed E-state index contributed by atoms with van der Waals surface area (Å²) in [5.74, 6) is -0.775. The third kappa shape index (κ3) is 4.80. The lowest BCUT2D eigenvalue weighted by Gasteiger charge is -2.12. The number of esters is 1. The van der Waals surface area contributed by atoms with E-state index in [1.807, 2.05) is 58.0 Å². The van der Waals surface area contributed by atoms with Gasteiger partial charge in [0.05, 0.1) is 17.1 Å². The van der Waals surface area contributed by atoms with Gasteiger partial charge >= 0.3 is 5.97 Å². The molecule has 0 radical (unpaired) electrons. The highest BCUT2D eigenvalue weighted by atomic mass is 16.5. The fourth-order valence-corrected chi connectivity index (χ4v) is 2.94. The summed E-state index contributed by atoms with van der Waals surface area (Å²) in [5.41, 5.74) is 2.78. The molecule has 0 fully saturated rings. The zero-order valence-electron chi connectivity index (χ0n) is 17.2. The maximum absolute atomic E-state index is 12.7. The number of ether oxygens (including phenoxy) is 1. The Bertz CT molecular complexity index is 1010. The number of fused-ring (bicyclic) bond motifs is 1. The Morgan fingerprint density at radius 1 is 1.14 bits per heavy atom. The largest absolute Gasteiger partial charge is 0.452 e. The van der Waals surface area contributed by atoms with Crippen LogP contribution in [0.4, 0.5) is 0 Å². The van der Waals surface area contributed by atoms with Crippen molar-refractivity contribution in [3.8, 4) is 0 Å². The summed E-state index contributed by atoms with van der Waals surface area (Å²) in [6.07, 6.45) is 1.62. The molecule has 0 bridgehead atoms. The number of benzene rings is 1. The van der Waals surface area contributed by atoms with E-state index in [4.69, 9.17) is 4.74 Å². The third-order valence-corrected chi connectivity index (χ3v) is 4.55. The van der Waals surface area contributed by atoms with Gasteiger partial charge in [0.25, 0.3) is 5.91 Å². The van der Waals surface area contributed by atoms with Crippen LogP contribution in [-0.4, -0.2) is 33.2 Å². The lowest BCUT2D eigenvalue weighted by Crippen LogP contribution is -2.28. The summed E-state index contributed by atoms with van der Waals surface area (Å²) in [7, 11) is 0. The van der Waals surface area contributed by atoms with Gasteiger partial charge < -0.3 is 10.1 Å². The number of aromatic nitrogens is 3. The smallest absolute Gasteiger partial charge is 0.339 e. The average molecular weight is 394 g/mol. The fraction of sp³-hybridized carbons (Fsp3) is 0.364. The molecule has 1 N–H and O–H groups in total. The second-order valence-electron chi connectivity index (χ2n) is 7.51. The fourth-order valence-electron chi connectivity index (χ4n) is 2.94. The first-order chi connectivity index (χ1) is 13.9. The molecule has 0 saturated heterocycles. The summed E-state index contributed by atoms with van der Waals surface area (Å²) in [6, 6.07) is 11.4. The molecule has 152 valence electrons. The maximum atomic E-state index is 12.7. The van der Waals surface area contributed by atoms with Crippen LogP contribution in [0.15, 0.2) is 42.6 Å². The van der Waals surface area contributed by atoms with E-state index in [0.717, 1.165) is 11.3 Å². The quantitative estimate of drug-likeness (QED) is 0.619. The van der Waals surface area contributed by atoms with E-state index in [-0.39, 0.29) is 24.5 Å². The molecule has 0 aliphatic carbocycles. The van der Waals surface area contributed by atoms with Gasteiger partial charge in [0.15, 0.2) is 12.3 Å². The van der Waals surface area contributed by atoms with Gasteiger partial charge in [-0.3, -0.25) is 4.79 Å². The van der Waals surface area contributed by atoms with Gasteiger partial charge in [-0.1, -0.05) is 44.2 Å². The van der Waals surface area contributed by atoms with Crippen LogP contribution in [0.2, 0.25) is 0 Å². The Morgan fingerprint density at radius 3 is 2.52 bits per heavy atom. The molecule has 3 rings (SSSR count). The summed E-state index contributed by atoms with van der Waals surface area (Å²) in [5, 5.41) is 7.73. The minimum atomic E-state index is -0.558. The number of carbonyl (C=O) groups is 2. The Labute approximate surface area is 170 Å². The van der Waals surface area contributed by atoms with E-state index in [1.54, 1.807) is 16.9 Å². The zero-order valence-corrected chi connectivity index (χ0v) is 17.2. The molecule has 0 spiro atoms. The van der Waals surface area contributed by atoms with Crippen molar-refractivity contribution in [3.63, 3.8) is 0 Å². The molecule has 0 aliphatic rings. The number of rotatable bonds is 7. The molecule has 7 heteroatoms. The summed E-state index contributed by atoms with van der Waals surface area (Å²) in [4.78, 5) is 29.5. The van der Waals surface area contributed by atoms with E-state index in [2.05, 4.69) is 15.4 Å². The standard InChI is InChI=1S/C22H26N4O3/c1-14(2)19-10-17(18-12-24-26(15(3)4)21(18)25-19)22(28)29-13-20(27)23-11-16-8-6-5-7-9-16/h5-10,12,14-15H,11,13H2,1-4H3,(H,23,27). The molecule has 0 aliphatic heterocycles. The summed E-state index contributed by atoms with van der Waals surface area (Å²) < 4.78 is 7.06. The molecule has 1 amide bonds. The van der Waals surface area contributed by atoms with Crippen molar-refractivity contribution in [1.82, 2.24) is 20.1 Å². The lowest BCUT2D eigenvalue weighted by molar-refractivity contribution is -0.124. The highest BCUT2D eigenvalue weighted by molar-refractivity contribution is 6.03. The molecule has 7 nitrogen and oxygen atoms in total. The Hall–Kier alpha value is -3.22. The highest BCUT2D eigenvalue weighted by Crippen LogP contribution is 2.24. The molecule has 1 aromatic carbocycles. The first-order valence-corrected chi connectivity index (χ1v) is 9.72. The zero-order chi connectivity index (χ0) is 21.0. The van der Waals surface area contributed by atoms with Crippen LogP contribution in [0.3, 0.4) is 0 Å². The van der Waals surface area contributed by atoms with Gasteiger partial charge in [0.2, 0.25) is 0 Å².